The third kappa shape index (κ3) is 4.56. The van der Waals surface area contributed by atoms with Gasteiger partial charge in [0, 0.05) is 23.9 Å². The van der Waals surface area contributed by atoms with Crippen LogP contribution in [0.15, 0.2) is 10.6 Å². The summed E-state index contributed by atoms with van der Waals surface area (Å²) in [6, 6.07) is 2.53. The van der Waals surface area contributed by atoms with E-state index in [-0.39, 0.29) is 11.3 Å². The van der Waals surface area contributed by atoms with Gasteiger partial charge in [0.1, 0.15) is 5.76 Å². The molecule has 1 saturated heterocycles. The lowest BCUT2D eigenvalue weighted by atomic mass is 9.81. The van der Waals surface area contributed by atoms with Crippen molar-refractivity contribution in [2.24, 2.45) is 11.8 Å². The topological polar surface area (TPSA) is 67.2 Å². The Bertz CT molecular complexity index is 543. The fraction of sp³-hybridized carbons (Fsp3) is 0.778. The van der Waals surface area contributed by atoms with E-state index in [9.17, 15) is 4.79 Å². The van der Waals surface area contributed by atoms with Crippen LogP contribution in [0.4, 0.5) is 0 Å². The Morgan fingerprint density at radius 1 is 1.35 bits per heavy atom. The minimum Gasteiger partial charge on any atom is -0.361 e. The zero-order valence-corrected chi connectivity index (χ0v) is 14.5. The predicted molar refractivity (Wildman–Crippen MR) is 89.2 cm³/mol. The first-order valence-corrected chi connectivity index (χ1v) is 8.88. The smallest absolute Gasteiger partial charge is 0.220 e. The van der Waals surface area contributed by atoms with Gasteiger partial charge in [0.15, 0.2) is 0 Å². The molecule has 1 aliphatic heterocycles. The minimum absolute atomic E-state index is 0.0143. The molecule has 2 aliphatic rings. The molecule has 2 unspecified atom stereocenters. The van der Waals surface area contributed by atoms with Crippen molar-refractivity contribution < 1.29 is 9.32 Å². The molecule has 2 heterocycles. The van der Waals surface area contributed by atoms with Gasteiger partial charge in [-0.25, -0.2) is 0 Å². The summed E-state index contributed by atoms with van der Waals surface area (Å²) in [5, 5.41) is 10.8. The van der Waals surface area contributed by atoms with Gasteiger partial charge >= 0.3 is 0 Å². The molecule has 5 heteroatoms. The second-order valence-electron chi connectivity index (χ2n) is 8.20. The van der Waals surface area contributed by atoms with E-state index in [0.717, 1.165) is 50.2 Å². The number of hydrogen-bond donors (Lipinski definition) is 2. The summed E-state index contributed by atoms with van der Waals surface area (Å²) in [6.07, 6.45) is 4.89. The highest BCUT2D eigenvalue weighted by Gasteiger charge is 2.30. The molecule has 1 amide bonds. The number of piperidine rings is 1. The first-order chi connectivity index (χ1) is 10.9. The van der Waals surface area contributed by atoms with Crippen LogP contribution in [0, 0.1) is 11.8 Å². The SMILES string of the molecule is CC(C)(C)c1cc(CC2CNCCC2CC(=O)NC2CC2)no1. The maximum absolute atomic E-state index is 12.1. The lowest BCUT2D eigenvalue weighted by Gasteiger charge is -2.31. The minimum atomic E-state index is -0.0143. The Kier molecular flexibility index (Phi) is 4.76. The molecule has 2 N–H and O–H groups in total. The summed E-state index contributed by atoms with van der Waals surface area (Å²) in [5.74, 6) is 2.04. The first kappa shape index (κ1) is 16.5. The molecule has 1 aromatic rings. The van der Waals surface area contributed by atoms with E-state index in [2.05, 4.69) is 42.6 Å². The third-order valence-corrected chi connectivity index (χ3v) is 4.92. The number of amides is 1. The number of rotatable bonds is 5. The van der Waals surface area contributed by atoms with Gasteiger partial charge in [-0.15, -0.1) is 0 Å². The average molecular weight is 319 g/mol. The molecule has 5 nitrogen and oxygen atoms in total. The number of nitrogens with one attached hydrogen (secondary N) is 2. The van der Waals surface area contributed by atoms with Gasteiger partial charge in [-0.2, -0.15) is 0 Å². The van der Waals surface area contributed by atoms with E-state index < -0.39 is 0 Å². The molecule has 23 heavy (non-hydrogen) atoms. The van der Waals surface area contributed by atoms with Crippen LogP contribution in [-0.4, -0.2) is 30.2 Å². The zero-order valence-electron chi connectivity index (χ0n) is 14.5. The largest absolute Gasteiger partial charge is 0.361 e. The second-order valence-corrected chi connectivity index (χ2v) is 8.20. The highest BCUT2D eigenvalue weighted by molar-refractivity contribution is 5.76. The summed E-state index contributed by atoms with van der Waals surface area (Å²) < 4.78 is 5.50. The van der Waals surface area contributed by atoms with Crippen LogP contribution >= 0.6 is 0 Å². The van der Waals surface area contributed by atoms with Crippen molar-refractivity contribution in [3.8, 4) is 0 Å². The lowest BCUT2D eigenvalue weighted by Crippen LogP contribution is -2.40. The number of nitrogens with zero attached hydrogens (tertiary/aromatic N) is 1. The van der Waals surface area contributed by atoms with Crippen molar-refractivity contribution in [1.82, 2.24) is 15.8 Å². The number of carbonyl (C=O) groups is 1. The zero-order chi connectivity index (χ0) is 16.4. The van der Waals surface area contributed by atoms with Gasteiger partial charge in [-0.05, 0) is 50.6 Å². The van der Waals surface area contributed by atoms with Crippen molar-refractivity contribution in [3.05, 3.63) is 17.5 Å². The fourth-order valence-electron chi connectivity index (χ4n) is 3.27. The van der Waals surface area contributed by atoms with E-state index in [1.54, 1.807) is 0 Å². The van der Waals surface area contributed by atoms with E-state index in [1.165, 1.54) is 0 Å². The van der Waals surface area contributed by atoms with Crippen molar-refractivity contribution in [3.63, 3.8) is 0 Å². The van der Waals surface area contributed by atoms with Crippen LogP contribution in [0.5, 0.6) is 0 Å². The number of aromatic nitrogens is 1. The van der Waals surface area contributed by atoms with Crippen LogP contribution in [0.25, 0.3) is 0 Å². The quantitative estimate of drug-likeness (QED) is 0.874. The highest BCUT2D eigenvalue weighted by atomic mass is 16.5. The number of carbonyl (C=O) groups excluding carboxylic acids is 1. The highest BCUT2D eigenvalue weighted by Crippen LogP contribution is 2.29. The summed E-state index contributed by atoms with van der Waals surface area (Å²) in [6.45, 7) is 8.35. The van der Waals surface area contributed by atoms with E-state index in [1.807, 2.05) is 0 Å². The molecule has 1 aromatic heterocycles. The molecule has 0 spiro atoms. The molecular formula is C18H29N3O2. The maximum atomic E-state index is 12.1. The molecule has 2 fully saturated rings. The van der Waals surface area contributed by atoms with Crippen molar-refractivity contribution >= 4 is 5.91 Å². The standard InChI is InChI=1S/C18H29N3O2/c1-18(2,3)16-10-15(21-23-16)8-13-11-19-7-6-12(13)9-17(22)20-14-4-5-14/h10,12-14,19H,4-9,11H2,1-3H3,(H,20,22). The lowest BCUT2D eigenvalue weighted by molar-refractivity contribution is -0.122. The third-order valence-electron chi connectivity index (χ3n) is 4.92. The van der Waals surface area contributed by atoms with Crippen molar-refractivity contribution in [1.29, 1.82) is 0 Å². The van der Waals surface area contributed by atoms with Crippen molar-refractivity contribution in [2.75, 3.05) is 13.1 Å². The summed E-state index contributed by atoms with van der Waals surface area (Å²) in [5.41, 5.74) is 0.996. The van der Waals surface area contributed by atoms with Crippen LogP contribution in [0.1, 0.15) is 57.9 Å². The fourth-order valence-corrected chi connectivity index (χ4v) is 3.27. The first-order valence-electron chi connectivity index (χ1n) is 8.88. The average Bonchev–Trinajstić information content (AvgIpc) is 3.14. The van der Waals surface area contributed by atoms with Crippen LogP contribution in [0.2, 0.25) is 0 Å². The van der Waals surface area contributed by atoms with E-state index in [0.29, 0.717) is 24.3 Å². The summed E-state index contributed by atoms with van der Waals surface area (Å²) in [7, 11) is 0. The van der Waals surface area contributed by atoms with Gasteiger partial charge in [0.25, 0.3) is 0 Å². The van der Waals surface area contributed by atoms with Crippen LogP contribution < -0.4 is 10.6 Å². The monoisotopic (exact) mass is 319 g/mol. The molecule has 0 bridgehead atoms. The van der Waals surface area contributed by atoms with Gasteiger partial charge in [0.05, 0.1) is 5.69 Å². The normalized spacial score (nSPS) is 25.3. The van der Waals surface area contributed by atoms with E-state index in [4.69, 9.17) is 4.52 Å². The Morgan fingerprint density at radius 3 is 2.78 bits per heavy atom. The van der Waals surface area contributed by atoms with Gasteiger partial charge in [-0.1, -0.05) is 25.9 Å². The van der Waals surface area contributed by atoms with Gasteiger partial charge in [0.2, 0.25) is 5.91 Å². The molecule has 0 radical (unpaired) electrons. The van der Waals surface area contributed by atoms with Crippen molar-refractivity contribution in [2.45, 2.75) is 64.3 Å². The molecule has 2 atom stereocenters. The molecule has 3 rings (SSSR count). The van der Waals surface area contributed by atoms with Crippen LogP contribution in [0.3, 0.4) is 0 Å². The number of hydrogen-bond acceptors (Lipinski definition) is 4. The summed E-state index contributed by atoms with van der Waals surface area (Å²) in [4.78, 5) is 12.1. The van der Waals surface area contributed by atoms with E-state index >= 15 is 0 Å². The Balaban J connectivity index is 1.59. The van der Waals surface area contributed by atoms with Gasteiger partial charge < -0.3 is 15.2 Å². The predicted octanol–water partition coefficient (Wildman–Crippen LogP) is 2.41. The van der Waals surface area contributed by atoms with Gasteiger partial charge in [-0.3, -0.25) is 4.79 Å². The summed E-state index contributed by atoms with van der Waals surface area (Å²) >= 11 is 0. The Hall–Kier alpha value is -1.36. The molecular weight excluding hydrogens is 290 g/mol. The second kappa shape index (κ2) is 6.63. The molecule has 1 aliphatic carbocycles. The Labute approximate surface area is 138 Å². The van der Waals surface area contributed by atoms with Crippen LogP contribution in [-0.2, 0) is 16.6 Å². The molecule has 0 aromatic carbocycles. The molecule has 1 saturated carbocycles. The Morgan fingerprint density at radius 2 is 2.13 bits per heavy atom. The molecule has 128 valence electrons. The maximum Gasteiger partial charge on any atom is 0.220 e.